The van der Waals surface area contributed by atoms with Gasteiger partial charge in [0, 0.05) is 11.6 Å². The molecule has 0 heterocycles. The zero-order valence-electron chi connectivity index (χ0n) is 15.9. The van der Waals surface area contributed by atoms with Crippen molar-refractivity contribution in [1.29, 1.82) is 0 Å². The van der Waals surface area contributed by atoms with E-state index in [1.165, 1.54) is 0 Å². The lowest BCUT2D eigenvalue weighted by molar-refractivity contribution is 0.324. The van der Waals surface area contributed by atoms with Crippen LogP contribution in [0.1, 0.15) is 11.1 Å². The Labute approximate surface area is 153 Å². The van der Waals surface area contributed by atoms with Crippen LogP contribution in [-0.2, 0) is 0 Å². The first kappa shape index (κ1) is 19.3. The molecule has 0 aromatic heterocycles. The largest absolute Gasteiger partial charge is 0.496 e. The Morgan fingerprint density at radius 2 is 1.00 bits per heavy atom. The van der Waals surface area contributed by atoms with Gasteiger partial charge in [0.2, 0.25) is 5.75 Å². The molecule has 2 aromatic rings. The van der Waals surface area contributed by atoms with Crippen LogP contribution in [0, 0.1) is 0 Å². The fraction of sp³-hybridized carbons (Fsp3) is 0.300. The van der Waals surface area contributed by atoms with Gasteiger partial charge >= 0.3 is 0 Å². The van der Waals surface area contributed by atoms with E-state index in [1.807, 2.05) is 30.4 Å². The van der Waals surface area contributed by atoms with Gasteiger partial charge in [-0.25, -0.2) is 0 Å². The van der Waals surface area contributed by atoms with E-state index in [4.69, 9.17) is 28.4 Å². The van der Waals surface area contributed by atoms with Crippen LogP contribution in [0.2, 0.25) is 0 Å². The molecule has 0 atom stereocenters. The minimum absolute atomic E-state index is 0.552. The van der Waals surface area contributed by atoms with Crippen LogP contribution in [0.15, 0.2) is 24.3 Å². The minimum atomic E-state index is 0.552. The Hall–Kier alpha value is -3.02. The maximum Gasteiger partial charge on any atom is 0.203 e. The summed E-state index contributed by atoms with van der Waals surface area (Å²) < 4.78 is 32.2. The molecule has 0 amide bonds. The molecule has 0 spiro atoms. The van der Waals surface area contributed by atoms with Gasteiger partial charge in [-0.2, -0.15) is 0 Å². The molecule has 0 saturated carbocycles. The molecule has 140 valence electrons. The van der Waals surface area contributed by atoms with Crippen molar-refractivity contribution in [2.75, 3.05) is 42.7 Å². The normalized spacial score (nSPS) is 10.5. The summed E-state index contributed by atoms with van der Waals surface area (Å²) in [5.41, 5.74) is 1.73. The van der Waals surface area contributed by atoms with E-state index in [0.29, 0.717) is 34.5 Å². The molecule has 6 nitrogen and oxygen atoms in total. The summed E-state index contributed by atoms with van der Waals surface area (Å²) in [4.78, 5) is 0. The molecule has 0 aliphatic carbocycles. The van der Waals surface area contributed by atoms with Crippen LogP contribution in [0.3, 0.4) is 0 Å². The van der Waals surface area contributed by atoms with E-state index in [0.717, 1.165) is 11.1 Å². The Bertz CT molecular complexity index is 757. The van der Waals surface area contributed by atoms with E-state index < -0.39 is 0 Å². The monoisotopic (exact) mass is 360 g/mol. The van der Waals surface area contributed by atoms with Gasteiger partial charge in [-0.15, -0.1) is 0 Å². The van der Waals surface area contributed by atoms with E-state index in [1.54, 1.807) is 48.7 Å². The fourth-order valence-electron chi connectivity index (χ4n) is 2.57. The van der Waals surface area contributed by atoms with Crippen molar-refractivity contribution in [1.82, 2.24) is 0 Å². The third-order valence-electron chi connectivity index (χ3n) is 3.88. The van der Waals surface area contributed by atoms with Gasteiger partial charge in [-0.05, 0) is 23.8 Å². The van der Waals surface area contributed by atoms with Crippen LogP contribution < -0.4 is 28.4 Å². The lowest BCUT2D eigenvalue weighted by atomic mass is 10.1. The second-order valence-corrected chi connectivity index (χ2v) is 5.24. The lowest BCUT2D eigenvalue weighted by Crippen LogP contribution is -1.96. The second-order valence-electron chi connectivity index (χ2n) is 5.24. The van der Waals surface area contributed by atoms with Crippen LogP contribution >= 0.6 is 0 Å². The predicted octanol–water partition coefficient (Wildman–Crippen LogP) is 3.91. The second kappa shape index (κ2) is 8.89. The highest BCUT2D eigenvalue weighted by atomic mass is 16.5. The van der Waals surface area contributed by atoms with E-state index in [2.05, 4.69) is 0 Å². The fourth-order valence-corrected chi connectivity index (χ4v) is 2.57. The zero-order valence-corrected chi connectivity index (χ0v) is 15.9. The summed E-state index contributed by atoms with van der Waals surface area (Å²) in [5.74, 6) is 3.63. The smallest absolute Gasteiger partial charge is 0.203 e. The molecule has 0 fully saturated rings. The summed E-state index contributed by atoms with van der Waals surface area (Å²) in [6, 6.07) is 7.37. The lowest BCUT2D eigenvalue weighted by Gasteiger charge is -2.13. The van der Waals surface area contributed by atoms with Gasteiger partial charge in [-0.3, -0.25) is 0 Å². The maximum absolute atomic E-state index is 5.45. The first-order valence-corrected chi connectivity index (χ1v) is 7.89. The van der Waals surface area contributed by atoms with Crippen molar-refractivity contribution in [2.24, 2.45) is 0 Å². The standard InChI is InChI=1S/C20H24O6/c1-21-15-12-17(23-3)16(22-2)11-14(15)8-7-13-9-18(24-4)20(26-6)19(10-13)25-5/h7-12H,1-6H3/b8-7+. The van der Waals surface area contributed by atoms with Gasteiger partial charge in [0.05, 0.1) is 42.7 Å². The average Bonchev–Trinajstić information content (AvgIpc) is 2.70. The Morgan fingerprint density at radius 3 is 1.46 bits per heavy atom. The molecule has 2 rings (SSSR count). The van der Waals surface area contributed by atoms with Crippen LogP contribution in [0.4, 0.5) is 0 Å². The molecule has 6 heteroatoms. The number of hydrogen-bond acceptors (Lipinski definition) is 6. The van der Waals surface area contributed by atoms with E-state index >= 15 is 0 Å². The number of benzene rings is 2. The van der Waals surface area contributed by atoms with Gasteiger partial charge in [0.1, 0.15) is 5.75 Å². The molecule has 0 saturated heterocycles. The quantitative estimate of drug-likeness (QED) is 0.666. The van der Waals surface area contributed by atoms with Crippen molar-refractivity contribution in [2.45, 2.75) is 0 Å². The molecule has 26 heavy (non-hydrogen) atoms. The molecule has 0 N–H and O–H groups in total. The van der Waals surface area contributed by atoms with Gasteiger partial charge < -0.3 is 28.4 Å². The van der Waals surface area contributed by atoms with Crippen molar-refractivity contribution in [3.63, 3.8) is 0 Å². The first-order valence-electron chi connectivity index (χ1n) is 7.89. The Morgan fingerprint density at radius 1 is 0.500 bits per heavy atom. The van der Waals surface area contributed by atoms with Gasteiger partial charge in [0.25, 0.3) is 0 Å². The van der Waals surface area contributed by atoms with E-state index in [9.17, 15) is 0 Å². The highest BCUT2D eigenvalue weighted by Gasteiger charge is 2.13. The number of hydrogen-bond donors (Lipinski definition) is 0. The first-order chi connectivity index (χ1) is 12.6. The molecule has 0 aliphatic rings. The van der Waals surface area contributed by atoms with Crippen molar-refractivity contribution in [3.8, 4) is 34.5 Å². The van der Waals surface area contributed by atoms with Crippen LogP contribution in [-0.4, -0.2) is 42.7 Å². The third-order valence-corrected chi connectivity index (χ3v) is 3.88. The molecule has 0 aliphatic heterocycles. The SMILES string of the molecule is COc1cc(OC)c(OC)cc1/C=C/c1cc(OC)c(OC)c(OC)c1. The van der Waals surface area contributed by atoms with Crippen molar-refractivity contribution < 1.29 is 28.4 Å². The van der Waals surface area contributed by atoms with Gasteiger partial charge in [0.15, 0.2) is 23.0 Å². The van der Waals surface area contributed by atoms with Gasteiger partial charge in [-0.1, -0.05) is 12.2 Å². The summed E-state index contributed by atoms with van der Waals surface area (Å²) >= 11 is 0. The average molecular weight is 360 g/mol. The summed E-state index contributed by atoms with van der Waals surface area (Å²) in [6.07, 6.45) is 3.84. The van der Waals surface area contributed by atoms with Crippen molar-refractivity contribution >= 4 is 12.2 Å². The Balaban J connectivity index is 2.46. The molecule has 0 bridgehead atoms. The number of ether oxygens (including phenoxy) is 6. The summed E-state index contributed by atoms with van der Waals surface area (Å²) in [7, 11) is 9.53. The molecular formula is C20H24O6. The number of rotatable bonds is 8. The summed E-state index contributed by atoms with van der Waals surface area (Å²) in [5, 5.41) is 0. The number of methoxy groups -OCH3 is 6. The molecule has 0 unspecified atom stereocenters. The van der Waals surface area contributed by atoms with Crippen LogP contribution in [0.25, 0.3) is 12.2 Å². The third kappa shape index (κ3) is 3.96. The maximum atomic E-state index is 5.45. The Kier molecular flexibility index (Phi) is 6.60. The highest BCUT2D eigenvalue weighted by molar-refractivity contribution is 5.76. The van der Waals surface area contributed by atoms with Crippen LogP contribution in [0.5, 0.6) is 34.5 Å². The zero-order chi connectivity index (χ0) is 19.1. The predicted molar refractivity (Wildman–Crippen MR) is 101 cm³/mol. The van der Waals surface area contributed by atoms with E-state index in [-0.39, 0.29) is 0 Å². The highest BCUT2D eigenvalue weighted by Crippen LogP contribution is 2.39. The topological polar surface area (TPSA) is 55.4 Å². The minimum Gasteiger partial charge on any atom is -0.496 e. The molecule has 2 aromatic carbocycles. The molecular weight excluding hydrogens is 336 g/mol. The summed E-state index contributed by atoms with van der Waals surface area (Å²) in [6.45, 7) is 0. The molecule has 0 radical (unpaired) electrons. The van der Waals surface area contributed by atoms with Crippen molar-refractivity contribution in [3.05, 3.63) is 35.4 Å².